The molecule has 1 aromatic carbocycles. The fraction of sp³-hybridized carbons (Fsp3) is 0.176. The molecule has 3 aromatic rings. The van der Waals surface area contributed by atoms with E-state index in [1.54, 1.807) is 25.1 Å². The summed E-state index contributed by atoms with van der Waals surface area (Å²) in [5, 5.41) is 3.20. The minimum Gasteiger partial charge on any atom is -0.495 e. The van der Waals surface area contributed by atoms with Crippen molar-refractivity contribution in [2.75, 3.05) is 12.4 Å². The molecule has 0 radical (unpaired) electrons. The Kier molecular flexibility index (Phi) is 4.37. The maximum atomic E-state index is 12.6. The Morgan fingerprint density at radius 2 is 2.08 bits per heavy atom. The van der Waals surface area contributed by atoms with Crippen LogP contribution >= 0.6 is 11.3 Å². The largest absolute Gasteiger partial charge is 0.495 e. The lowest BCUT2D eigenvalue weighted by molar-refractivity contribution is 0.101. The molecule has 0 spiro atoms. The molecule has 0 atom stereocenters. The normalized spacial score (nSPS) is 10.7. The number of anilines is 1. The number of pyridine rings is 1. The van der Waals surface area contributed by atoms with Gasteiger partial charge in [0.05, 0.1) is 28.6 Å². The van der Waals surface area contributed by atoms with Crippen LogP contribution in [0.4, 0.5) is 5.13 Å². The van der Waals surface area contributed by atoms with Gasteiger partial charge in [0.15, 0.2) is 10.9 Å². The first-order valence-corrected chi connectivity index (χ1v) is 8.22. The van der Waals surface area contributed by atoms with Crippen molar-refractivity contribution < 1.29 is 14.3 Å². The molecule has 0 unspecified atom stereocenters. The minimum absolute atomic E-state index is 0.0435. The van der Waals surface area contributed by atoms with Crippen molar-refractivity contribution in [1.82, 2.24) is 9.97 Å². The standard InChI is InChI=1S/C17H15N3O4S/c1-8-15(9(2)21)25-17(19-8)20-16(23)11-7-18-13-10(14(11)22)5-4-6-12(13)24-3/h4-7H,1-3H3,(H,18,22)(H,19,20,23). The third-order valence-corrected chi connectivity index (χ3v) is 4.85. The molecule has 1 amide bonds. The molecule has 0 bridgehead atoms. The van der Waals surface area contributed by atoms with Crippen molar-refractivity contribution in [1.29, 1.82) is 0 Å². The number of para-hydroxylation sites is 1. The van der Waals surface area contributed by atoms with E-state index in [9.17, 15) is 14.4 Å². The summed E-state index contributed by atoms with van der Waals surface area (Å²) >= 11 is 1.08. The molecule has 2 heterocycles. The molecule has 2 aromatic heterocycles. The number of hydrogen-bond acceptors (Lipinski definition) is 6. The van der Waals surface area contributed by atoms with Crippen LogP contribution in [0, 0.1) is 6.92 Å². The highest BCUT2D eigenvalue weighted by Gasteiger charge is 2.18. The number of fused-ring (bicyclic) bond motifs is 1. The van der Waals surface area contributed by atoms with Crippen LogP contribution in [0.2, 0.25) is 0 Å². The number of rotatable bonds is 4. The van der Waals surface area contributed by atoms with Crippen LogP contribution in [0.25, 0.3) is 10.9 Å². The number of Topliss-reactive ketones (excluding diaryl/α,β-unsaturated/α-hetero) is 1. The van der Waals surface area contributed by atoms with Gasteiger partial charge >= 0.3 is 0 Å². The second kappa shape index (κ2) is 6.48. The number of H-pyrrole nitrogens is 1. The monoisotopic (exact) mass is 357 g/mol. The number of thiazole rings is 1. The predicted molar refractivity (Wildman–Crippen MR) is 95.9 cm³/mol. The van der Waals surface area contributed by atoms with Crippen LogP contribution in [0.5, 0.6) is 5.75 Å². The zero-order chi connectivity index (χ0) is 18.1. The molecule has 0 aliphatic heterocycles. The number of nitrogens with zero attached hydrogens (tertiary/aromatic N) is 1. The first kappa shape index (κ1) is 16.8. The highest BCUT2D eigenvalue weighted by atomic mass is 32.1. The van der Waals surface area contributed by atoms with Gasteiger partial charge in [-0.2, -0.15) is 0 Å². The van der Waals surface area contributed by atoms with Crippen molar-refractivity contribution in [3.63, 3.8) is 0 Å². The van der Waals surface area contributed by atoms with Crippen molar-refractivity contribution in [3.8, 4) is 5.75 Å². The topological polar surface area (TPSA) is 101 Å². The second-order valence-corrected chi connectivity index (χ2v) is 6.36. The van der Waals surface area contributed by atoms with E-state index < -0.39 is 11.3 Å². The summed E-state index contributed by atoms with van der Waals surface area (Å²) in [6, 6.07) is 5.02. The van der Waals surface area contributed by atoms with E-state index >= 15 is 0 Å². The molecular formula is C17H15N3O4S. The number of benzene rings is 1. The van der Waals surface area contributed by atoms with Crippen LogP contribution in [0.15, 0.2) is 29.2 Å². The molecule has 3 rings (SSSR count). The van der Waals surface area contributed by atoms with Crippen molar-refractivity contribution in [2.24, 2.45) is 0 Å². The molecular weight excluding hydrogens is 342 g/mol. The van der Waals surface area contributed by atoms with Gasteiger partial charge < -0.3 is 9.72 Å². The van der Waals surface area contributed by atoms with Crippen molar-refractivity contribution in [3.05, 3.63) is 50.8 Å². The average molecular weight is 357 g/mol. The Balaban J connectivity index is 1.98. The minimum atomic E-state index is -0.588. The summed E-state index contributed by atoms with van der Waals surface area (Å²) in [6.45, 7) is 3.13. The van der Waals surface area contributed by atoms with Crippen LogP contribution in [0.1, 0.15) is 32.6 Å². The number of nitrogens with one attached hydrogen (secondary N) is 2. The number of ether oxygens (including phenoxy) is 1. The van der Waals surface area contributed by atoms with E-state index in [-0.39, 0.29) is 16.5 Å². The van der Waals surface area contributed by atoms with E-state index in [1.165, 1.54) is 20.2 Å². The molecule has 0 saturated carbocycles. The number of amides is 1. The predicted octanol–water partition coefficient (Wildman–Crippen LogP) is 2.76. The van der Waals surface area contributed by atoms with Crippen molar-refractivity contribution in [2.45, 2.75) is 13.8 Å². The first-order valence-electron chi connectivity index (χ1n) is 7.40. The summed E-state index contributed by atoms with van der Waals surface area (Å²) in [7, 11) is 1.51. The van der Waals surface area contributed by atoms with Gasteiger partial charge in [-0.05, 0) is 19.1 Å². The third kappa shape index (κ3) is 3.03. The van der Waals surface area contributed by atoms with Crippen molar-refractivity contribution >= 4 is 39.1 Å². The van der Waals surface area contributed by atoms with Crippen LogP contribution in [-0.2, 0) is 0 Å². The molecule has 2 N–H and O–H groups in total. The zero-order valence-corrected chi connectivity index (χ0v) is 14.6. The lowest BCUT2D eigenvalue weighted by Gasteiger charge is -2.06. The SMILES string of the molecule is COc1cccc2c(=O)c(C(=O)Nc3nc(C)c(C(C)=O)s3)c[nH]c12. The fourth-order valence-corrected chi connectivity index (χ4v) is 3.36. The Hall–Kier alpha value is -3.00. The summed E-state index contributed by atoms with van der Waals surface area (Å²) in [4.78, 5) is 44.1. The Labute approximate surface area is 146 Å². The lowest BCUT2D eigenvalue weighted by atomic mass is 10.1. The zero-order valence-electron chi connectivity index (χ0n) is 13.8. The second-order valence-electron chi connectivity index (χ2n) is 5.36. The third-order valence-electron chi connectivity index (χ3n) is 3.68. The number of aromatic nitrogens is 2. The summed E-state index contributed by atoms with van der Waals surface area (Å²) in [5.74, 6) is -0.191. The number of hydrogen-bond donors (Lipinski definition) is 2. The molecule has 0 aliphatic carbocycles. The quantitative estimate of drug-likeness (QED) is 0.699. The molecule has 128 valence electrons. The smallest absolute Gasteiger partial charge is 0.262 e. The Morgan fingerprint density at radius 1 is 1.32 bits per heavy atom. The van der Waals surface area contributed by atoms with Gasteiger partial charge in [-0.15, -0.1) is 0 Å². The van der Waals surface area contributed by atoms with Gasteiger partial charge in [0.1, 0.15) is 11.3 Å². The molecule has 25 heavy (non-hydrogen) atoms. The van der Waals surface area contributed by atoms with Crippen LogP contribution in [0.3, 0.4) is 0 Å². The van der Waals surface area contributed by atoms with Gasteiger partial charge in [0, 0.05) is 13.1 Å². The number of aromatic amines is 1. The number of carbonyl (C=O) groups is 2. The summed E-state index contributed by atoms with van der Waals surface area (Å²) < 4.78 is 5.21. The van der Waals surface area contributed by atoms with E-state index in [0.717, 1.165) is 11.3 Å². The number of carbonyl (C=O) groups excluding carboxylic acids is 2. The average Bonchev–Trinajstić information content (AvgIpc) is 2.95. The molecule has 0 fully saturated rings. The molecule has 0 saturated heterocycles. The maximum Gasteiger partial charge on any atom is 0.262 e. The number of ketones is 1. The summed E-state index contributed by atoms with van der Waals surface area (Å²) in [5.41, 5.74) is 0.615. The lowest BCUT2D eigenvalue weighted by Crippen LogP contribution is -2.22. The van der Waals surface area contributed by atoms with Gasteiger partial charge in [-0.1, -0.05) is 17.4 Å². The van der Waals surface area contributed by atoms with Gasteiger partial charge in [0.25, 0.3) is 5.91 Å². The molecule has 7 nitrogen and oxygen atoms in total. The van der Waals surface area contributed by atoms with E-state index in [1.807, 2.05) is 0 Å². The number of aryl methyl sites for hydroxylation is 1. The highest BCUT2D eigenvalue weighted by Crippen LogP contribution is 2.24. The fourth-order valence-electron chi connectivity index (χ4n) is 2.50. The first-order chi connectivity index (χ1) is 11.9. The maximum absolute atomic E-state index is 12.6. The Bertz CT molecular complexity index is 1050. The van der Waals surface area contributed by atoms with E-state index in [4.69, 9.17) is 4.74 Å². The van der Waals surface area contributed by atoms with E-state index in [2.05, 4.69) is 15.3 Å². The number of methoxy groups -OCH3 is 1. The molecule has 8 heteroatoms. The molecule has 0 aliphatic rings. The Morgan fingerprint density at radius 3 is 2.72 bits per heavy atom. The van der Waals surface area contributed by atoms with Gasteiger partial charge in [-0.25, -0.2) is 4.98 Å². The highest BCUT2D eigenvalue weighted by molar-refractivity contribution is 7.17. The van der Waals surface area contributed by atoms with Crippen LogP contribution in [-0.4, -0.2) is 28.8 Å². The van der Waals surface area contributed by atoms with Gasteiger partial charge in [0.2, 0.25) is 5.43 Å². The summed E-state index contributed by atoms with van der Waals surface area (Å²) in [6.07, 6.45) is 1.34. The van der Waals surface area contributed by atoms with Crippen LogP contribution < -0.4 is 15.5 Å². The van der Waals surface area contributed by atoms with E-state index in [0.29, 0.717) is 27.2 Å². The van der Waals surface area contributed by atoms with Gasteiger partial charge in [-0.3, -0.25) is 19.7 Å².